The smallest absolute Gasteiger partial charge is 0.276 e. The van der Waals surface area contributed by atoms with E-state index in [1.54, 1.807) is 0 Å². The van der Waals surface area contributed by atoms with Crippen molar-refractivity contribution in [2.75, 3.05) is 0 Å². The van der Waals surface area contributed by atoms with Crippen molar-refractivity contribution in [3.8, 4) is 0 Å². The third-order valence-electron chi connectivity index (χ3n) is 2.97. The van der Waals surface area contributed by atoms with Gasteiger partial charge in [0.25, 0.3) is 5.22 Å². The van der Waals surface area contributed by atoms with Gasteiger partial charge in [-0.15, -0.1) is 10.2 Å². The molecule has 0 amide bonds. The summed E-state index contributed by atoms with van der Waals surface area (Å²) >= 11 is 7.66. The van der Waals surface area contributed by atoms with E-state index < -0.39 is 0 Å². The van der Waals surface area contributed by atoms with Gasteiger partial charge in [-0.25, -0.2) is 4.98 Å². The summed E-state index contributed by atoms with van der Waals surface area (Å²) in [5.41, 5.74) is 8.43. The third kappa shape index (κ3) is 3.18. The average Bonchev–Trinajstić information content (AvgIpc) is 2.93. The van der Waals surface area contributed by atoms with Crippen molar-refractivity contribution in [1.82, 2.24) is 15.2 Å². The van der Waals surface area contributed by atoms with Gasteiger partial charge in [0, 0.05) is 16.7 Å². The number of rotatable bonds is 4. The van der Waals surface area contributed by atoms with Gasteiger partial charge in [-0.05, 0) is 24.6 Å². The van der Waals surface area contributed by atoms with Gasteiger partial charge in [0.1, 0.15) is 5.15 Å². The fraction of sp³-hybridized carbons (Fsp3) is 0.214. The molecular weight excluding hydrogens is 308 g/mol. The fourth-order valence-corrected chi connectivity index (χ4v) is 2.96. The van der Waals surface area contributed by atoms with Gasteiger partial charge >= 0.3 is 0 Å². The Morgan fingerprint density at radius 3 is 2.90 bits per heavy atom. The Balaban J connectivity index is 1.83. The summed E-state index contributed by atoms with van der Waals surface area (Å²) in [4.78, 5) is 4.44. The lowest BCUT2D eigenvalue weighted by molar-refractivity contribution is 0.415. The molecule has 0 fully saturated rings. The molecular formula is C14H13ClN4OS. The zero-order chi connectivity index (χ0) is 14.8. The lowest BCUT2D eigenvalue weighted by Crippen LogP contribution is -1.95. The van der Waals surface area contributed by atoms with Gasteiger partial charge < -0.3 is 10.2 Å². The Labute approximate surface area is 130 Å². The molecule has 3 rings (SSSR count). The Bertz CT molecular complexity index is 790. The van der Waals surface area contributed by atoms with E-state index in [0.717, 1.165) is 22.0 Å². The van der Waals surface area contributed by atoms with Crippen LogP contribution in [0.2, 0.25) is 5.15 Å². The zero-order valence-corrected chi connectivity index (χ0v) is 12.9. The fourth-order valence-electron chi connectivity index (χ4n) is 1.92. The average molecular weight is 321 g/mol. The van der Waals surface area contributed by atoms with Gasteiger partial charge in [-0.3, -0.25) is 0 Å². The molecule has 3 aromatic rings. The maximum absolute atomic E-state index is 6.24. The number of aromatic nitrogens is 3. The molecule has 0 bridgehead atoms. The molecule has 108 valence electrons. The molecule has 0 atom stereocenters. The van der Waals surface area contributed by atoms with Crippen LogP contribution in [-0.2, 0) is 12.3 Å². The quantitative estimate of drug-likeness (QED) is 0.587. The second kappa shape index (κ2) is 6.01. The minimum atomic E-state index is 0.241. The lowest BCUT2D eigenvalue weighted by atomic mass is 10.1. The number of halogens is 1. The molecule has 0 radical (unpaired) electrons. The molecule has 1 aromatic carbocycles. The summed E-state index contributed by atoms with van der Waals surface area (Å²) in [5, 5.41) is 9.77. The van der Waals surface area contributed by atoms with Crippen molar-refractivity contribution in [3.05, 3.63) is 46.4 Å². The first kappa shape index (κ1) is 14.3. The van der Waals surface area contributed by atoms with E-state index in [4.69, 9.17) is 21.8 Å². The highest BCUT2D eigenvalue weighted by Crippen LogP contribution is 2.28. The molecule has 0 spiro atoms. The Kier molecular flexibility index (Phi) is 4.10. The summed E-state index contributed by atoms with van der Waals surface area (Å²) in [5.74, 6) is 1.04. The summed E-state index contributed by atoms with van der Waals surface area (Å²) < 4.78 is 5.35. The minimum absolute atomic E-state index is 0.241. The van der Waals surface area contributed by atoms with Gasteiger partial charge in [-0.2, -0.15) is 0 Å². The van der Waals surface area contributed by atoms with Crippen molar-refractivity contribution < 1.29 is 4.42 Å². The number of nitrogens with two attached hydrogens (primary N) is 1. The second-order valence-corrected chi connectivity index (χ2v) is 5.87. The predicted molar refractivity (Wildman–Crippen MR) is 83.2 cm³/mol. The monoisotopic (exact) mass is 320 g/mol. The summed E-state index contributed by atoms with van der Waals surface area (Å²) in [6.07, 6.45) is 0. The van der Waals surface area contributed by atoms with E-state index >= 15 is 0 Å². The van der Waals surface area contributed by atoms with Crippen molar-refractivity contribution in [1.29, 1.82) is 0 Å². The van der Waals surface area contributed by atoms with Gasteiger partial charge in [0.05, 0.1) is 12.1 Å². The molecule has 21 heavy (non-hydrogen) atoms. The minimum Gasteiger partial charge on any atom is -0.415 e. The van der Waals surface area contributed by atoms with Crippen LogP contribution >= 0.6 is 23.4 Å². The molecule has 0 unspecified atom stereocenters. The maximum atomic E-state index is 6.24. The van der Waals surface area contributed by atoms with Crippen LogP contribution in [0.5, 0.6) is 0 Å². The molecule has 2 aromatic heterocycles. The largest absolute Gasteiger partial charge is 0.415 e. The molecule has 5 nitrogen and oxygen atoms in total. The summed E-state index contributed by atoms with van der Waals surface area (Å²) in [6.45, 7) is 2.27. The van der Waals surface area contributed by atoms with Crippen molar-refractivity contribution in [3.63, 3.8) is 0 Å². The van der Waals surface area contributed by atoms with Gasteiger partial charge in [0.2, 0.25) is 5.89 Å². The van der Waals surface area contributed by atoms with Crippen molar-refractivity contribution in [2.45, 2.75) is 24.4 Å². The highest BCUT2D eigenvalue weighted by Gasteiger charge is 2.09. The van der Waals surface area contributed by atoms with Crippen molar-refractivity contribution >= 4 is 34.3 Å². The van der Waals surface area contributed by atoms with Crippen LogP contribution in [0.4, 0.5) is 0 Å². The first-order valence-corrected chi connectivity index (χ1v) is 7.73. The number of fused-ring (bicyclic) bond motifs is 1. The summed E-state index contributed by atoms with van der Waals surface area (Å²) in [6, 6.07) is 8.16. The first-order valence-electron chi connectivity index (χ1n) is 6.37. The molecule has 0 saturated carbocycles. The molecule has 0 aliphatic rings. The van der Waals surface area contributed by atoms with Gasteiger partial charge in [-0.1, -0.05) is 35.5 Å². The highest BCUT2D eigenvalue weighted by molar-refractivity contribution is 7.98. The SMILES string of the molecule is Cc1ccc2cc(CSc3nnc(CN)o3)c(Cl)nc2c1. The zero-order valence-electron chi connectivity index (χ0n) is 11.3. The van der Waals surface area contributed by atoms with Crippen LogP contribution in [0.15, 0.2) is 33.9 Å². The number of hydrogen-bond donors (Lipinski definition) is 1. The van der Waals surface area contributed by atoms with E-state index in [9.17, 15) is 0 Å². The number of hydrogen-bond acceptors (Lipinski definition) is 6. The highest BCUT2D eigenvalue weighted by atomic mass is 35.5. The number of benzene rings is 1. The topological polar surface area (TPSA) is 77.8 Å². The van der Waals surface area contributed by atoms with E-state index in [-0.39, 0.29) is 6.54 Å². The first-order chi connectivity index (χ1) is 10.2. The van der Waals surface area contributed by atoms with Gasteiger partial charge in [0.15, 0.2) is 0 Å². The molecule has 7 heteroatoms. The molecule has 0 aliphatic carbocycles. The van der Waals surface area contributed by atoms with Crippen LogP contribution in [0.1, 0.15) is 17.0 Å². The second-order valence-electron chi connectivity index (χ2n) is 4.59. The summed E-state index contributed by atoms with van der Waals surface area (Å²) in [7, 11) is 0. The molecule has 0 saturated heterocycles. The van der Waals surface area contributed by atoms with E-state index in [1.165, 1.54) is 11.8 Å². The number of aryl methyl sites for hydroxylation is 1. The normalized spacial score (nSPS) is 11.2. The maximum Gasteiger partial charge on any atom is 0.276 e. The van der Waals surface area contributed by atoms with Crippen LogP contribution < -0.4 is 5.73 Å². The van der Waals surface area contributed by atoms with Crippen LogP contribution in [-0.4, -0.2) is 15.2 Å². The van der Waals surface area contributed by atoms with Crippen LogP contribution in [0, 0.1) is 6.92 Å². The standard InChI is InChI=1S/C14H13ClN4OS/c1-8-2-3-9-5-10(13(15)17-11(9)4-8)7-21-14-19-18-12(6-16)20-14/h2-5H,6-7,16H2,1H3. The Morgan fingerprint density at radius 1 is 1.29 bits per heavy atom. The lowest BCUT2D eigenvalue weighted by Gasteiger charge is -2.05. The third-order valence-corrected chi connectivity index (χ3v) is 4.17. The number of nitrogens with zero attached hydrogens (tertiary/aromatic N) is 3. The molecule has 2 N–H and O–H groups in total. The van der Waals surface area contributed by atoms with Crippen molar-refractivity contribution in [2.24, 2.45) is 5.73 Å². The number of pyridine rings is 1. The van der Waals surface area contributed by atoms with E-state index in [1.807, 2.05) is 25.1 Å². The Hall–Kier alpha value is -1.63. The predicted octanol–water partition coefficient (Wildman–Crippen LogP) is 3.33. The Morgan fingerprint density at radius 2 is 2.14 bits per heavy atom. The van der Waals surface area contributed by atoms with Crippen LogP contribution in [0.3, 0.4) is 0 Å². The number of thioether (sulfide) groups is 1. The van der Waals surface area contributed by atoms with E-state index in [0.29, 0.717) is 22.0 Å². The van der Waals surface area contributed by atoms with Crippen LogP contribution in [0.25, 0.3) is 10.9 Å². The van der Waals surface area contributed by atoms with E-state index in [2.05, 4.69) is 21.2 Å². The molecule has 0 aliphatic heterocycles. The molecule has 2 heterocycles.